The van der Waals surface area contributed by atoms with E-state index in [0.717, 1.165) is 31.0 Å². The maximum Gasteiger partial charge on any atom is 0.132 e. The summed E-state index contributed by atoms with van der Waals surface area (Å²) < 4.78 is 5.44. The van der Waals surface area contributed by atoms with Crippen LogP contribution in [0.15, 0.2) is 12.3 Å². The molecule has 2 heterocycles. The predicted octanol–water partition coefficient (Wildman–Crippen LogP) is 2.88. The molecule has 16 heavy (non-hydrogen) atoms. The smallest absolute Gasteiger partial charge is 0.132 e. The Kier molecular flexibility index (Phi) is 4.02. The van der Waals surface area contributed by atoms with Gasteiger partial charge >= 0.3 is 0 Å². The van der Waals surface area contributed by atoms with Gasteiger partial charge in [0.15, 0.2) is 0 Å². The van der Waals surface area contributed by atoms with Crippen LogP contribution < -0.4 is 5.32 Å². The van der Waals surface area contributed by atoms with Crippen LogP contribution in [-0.2, 0) is 4.74 Å². The minimum atomic E-state index is 0.576. The molecular weight excluding hydrogens is 224 g/mol. The fraction of sp³-hybridized carbons (Fsp3) is 0.583. The second kappa shape index (κ2) is 5.51. The molecule has 4 heteroatoms. The first-order chi connectivity index (χ1) is 7.75. The van der Waals surface area contributed by atoms with Gasteiger partial charge in [0.2, 0.25) is 0 Å². The lowest BCUT2D eigenvalue weighted by molar-refractivity contribution is 0.0595. The van der Waals surface area contributed by atoms with Gasteiger partial charge in [-0.15, -0.1) is 0 Å². The minimum Gasteiger partial charge on any atom is -0.383 e. The van der Waals surface area contributed by atoms with E-state index < -0.39 is 0 Å². The minimum absolute atomic E-state index is 0.576. The highest BCUT2D eigenvalue weighted by molar-refractivity contribution is 6.30. The molecule has 2 rings (SSSR count). The molecule has 0 bridgehead atoms. The Morgan fingerprint density at radius 3 is 3.19 bits per heavy atom. The Labute approximate surface area is 101 Å². The highest BCUT2D eigenvalue weighted by atomic mass is 35.5. The van der Waals surface area contributed by atoms with E-state index in [1.807, 2.05) is 13.0 Å². The lowest BCUT2D eigenvalue weighted by Crippen LogP contribution is -2.24. The van der Waals surface area contributed by atoms with Crippen molar-refractivity contribution in [1.82, 2.24) is 4.98 Å². The zero-order valence-electron chi connectivity index (χ0n) is 9.50. The van der Waals surface area contributed by atoms with Crippen molar-refractivity contribution in [3.63, 3.8) is 0 Å². The number of aryl methyl sites for hydroxylation is 1. The maximum absolute atomic E-state index is 5.87. The van der Waals surface area contributed by atoms with Gasteiger partial charge in [0.25, 0.3) is 0 Å². The summed E-state index contributed by atoms with van der Waals surface area (Å²) in [6.07, 6.45) is 4.19. The highest BCUT2D eigenvalue weighted by Gasteiger charge is 2.13. The molecule has 0 aliphatic carbocycles. The fourth-order valence-corrected chi connectivity index (χ4v) is 1.99. The maximum atomic E-state index is 5.87. The van der Waals surface area contributed by atoms with Crippen LogP contribution in [-0.4, -0.2) is 24.7 Å². The lowest BCUT2D eigenvalue weighted by atomic mass is 10.0. The number of hydrogen-bond acceptors (Lipinski definition) is 3. The van der Waals surface area contributed by atoms with Crippen LogP contribution in [0, 0.1) is 12.8 Å². The first-order valence-electron chi connectivity index (χ1n) is 5.69. The van der Waals surface area contributed by atoms with Crippen LogP contribution in [0.3, 0.4) is 0 Å². The summed E-state index contributed by atoms with van der Waals surface area (Å²) in [6.45, 7) is 4.69. The molecule has 0 aromatic carbocycles. The third-order valence-corrected chi connectivity index (χ3v) is 3.26. The van der Waals surface area contributed by atoms with Gasteiger partial charge in [0.1, 0.15) is 5.15 Å². The van der Waals surface area contributed by atoms with Gasteiger partial charge in [-0.3, -0.25) is 0 Å². The monoisotopic (exact) mass is 240 g/mol. The molecule has 1 N–H and O–H groups in total. The average Bonchev–Trinajstić information content (AvgIpc) is 2.32. The van der Waals surface area contributed by atoms with Crippen molar-refractivity contribution in [3.8, 4) is 0 Å². The van der Waals surface area contributed by atoms with Crippen molar-refractivity contribution in [3.05, 3.63) is 23.0 Å². The normalized spacial score (nSPS) is 20.8. The molecule has 1 aliphatic heterocycles. The quantitative estimate of drug-likeness (QED) is 0.825. The van der Waals surface area contributed by atoms with Crippen LogP contribution in [0.25, 0.3) is 0 Å². The SMILES string of the molecule is Cc1cc(NCC2CCCOC2)cnc1Cl. The fourth-order valence-electron chi connectivity index (χ4n) is 1.89. The van der Waals surface area contributed by atoms with E-state index in [2.05, 4.69) is 10.3 Å². The summed E-state index contributed by atoms with van der Waals surface area (Å²) in [4.78, 5) is 4.11. The molecule has 1 aromatic heterocycles. The Morgan fingerprint density at radius 1 is 1.62 bits per heavy atom. The summed E-state index contributed by atoms with van der Waals surface area (Å²) >= 11 is 5.87. The third-order valence-electron chi connectivity index (χ3n) is 2.86. The summed E-state index contributed by atoms with van der Waals surface area (Å²) in [5, 5.41) is 3.96. The van der Waals surface area contributed by atoms with Crippen molar-refractivity contribution in [2.45, 2.75) is 19.8 Å². The van der Waals surface area contributed by atoms with Crippen molar-refractivity contribution >= 4 is 17.3 Å². The van der Waals surface area contributed by atoms with E-state index >= 15 is 0 Å². The number of anilines is 1. The topological polar surface area (TPSA) is 34.1 Å². The van der Waals surface area contributed by atoms with Crippen LogP contribution in [0.2, 0.25) is 5.15 Å². The molecular formula is C12H17ClN2O. The number of pyridine rings is 1. The van der Waals surface area contributed by atoms with Crippen LogP contribution in [0.5, 0.6) is 0 Å². The van der Waals surface area contributed by atoms with E-state index in [9.17, 15) is 0 Å². The number of nitrogens with zero attached hydrogens (tertiary/aromatic N) is 1. The Bertz CT molecular complexity index is 351. The van der Waals surface area contributed by atoms with E-state index in [-0.39, 0.29) is 0 Å². The lowest BCUT2D eigenvalue weighted by Gasteiger charge is -2.22. The molecule has 1 aromatic rings. The standard InChI is InChI=1S/C12H17ClN2O/c1-9-5-11(7-15-12(9)13)14-6-10-3-2-4-16-8-10/h5,7,10,14H,2-4,6,8H2,1H3. The zero-order valence-corrected chi connectivity index (χ0v) is 10.3. The summed E-state index contributed by atoms with van der Waals surface area (Å²) in [7, 11) is 0. The summed E-state index contributed by atoms with van der Waals surface area (Å²) in [5.74, 6) is 0.615. The Morgan fingerprint density at radius 2 is 2.50 bits per heavy atom. The Balaban J connectivity index is 1.86. The Hall–Kier alpha value is -0.800. The number of nitrogens with one attached hydrogen (secondary N) is 1. The second-order valence-corrected chi connectivity index (χ2v) is 4.65. The van der Waals surface area contributed by atoms with Crippen molar-refractivity contribution in [2.75, 3.05) is 25.1 Å². The highest BCUT2D eigenvalue weighted by Crippen LogP contribution is 2.18. The number of halogens is 1. The number of hydrogen-bond donors (Lipinski definition) is 1. The van der Waals surface area contributed by atoms with E-state index in [1.54, 1.807) is 6.20 Å². The van der Waals surface area contributed by atoms with Gasteiger partial charge in [0, 0.05) is 13.2 Å². The number of rotatable bonds is 3. The van der Waals surface area contributed by atoms with E-state index in [0.29, 0.717) is 11.1 Å². The van der Waals surface area contributed by atoms with Crippen molar-refractivity contribution in [2.24, 2.45) is 5.92 Å². The van der Waals surface area contributed by atoms with Gasteiger partial charge in [-0.25, -0.2) is 4.98 Å². The molecule has 1 unspecified atom stereocenters. The van der Waals surface area contributed by atoms with Crippen molar-refractivity contribution in [1.29, 1.82) is 0 Å². The molecule has 1 atom stereocenters. The summed E-state index contributed by atoms with van der Waals surface area (Å²) in [6, 6.07) is 2.03. The molecule has 3 nitrogen and oxygen atoms in total. The second-order valence-electron chi connectivity index (χ2n) is 4.30. The van der Waals surface area contributed by atoms with Crippen LogP contribution >= 0.6 is 11.6 Å². The van der Waals surface area contributed by atoms with Gasteiger partial charge in [-0.05, 0) is 37.3 Å². The molecule has 1 fully saturated rings. The summed E-state index contributed by atoms with van der Waals surface area (Å²) in [5.41, 5.74) is 2.04. The molecule has 0 saturated carbocycles. The van der Waals surface area contributed by atoms with Gasteiger partial charge in [-0.1, -0.05) is 11.6 Å². The predicted molar refractivity (Wildman–Crippen MR) is 66.0 cm³/mol. The molecule has 0 spiro atoms. The molecule has 1 aliphatic rings. The molecule has 1 saturated heterocycles. The first kappa shape index (κ1) is 11.7. The van der Waals surface area contributed by atoms with Gasteiger partial charge in [0.05, 0.1) is 18.5 Å². The molecule has 0 amide bonds. The zero-order chi connectivity index (χ0) is 11.4. The van der Waals surface area contributed by atoms with Crippen LogP contribution in [0.1, 0.15) is 18.4 Å². The molecule has 88 valence electrons. The average molecular weight is 241 g/mol. The van der Waals surface area contributed by atoms with Gasteiger partial charge in [-0.2, -0.15) is 0 Å². The first-order valence-corrected chi connectivity index (χ1v) is 6.07. The third kappa shape index (κ3) is 3.09. The van der Waals surface area contributed by atoms with E-state index in [4.69, 9.17) is 16.3 Å². The largest absolute Gasteiger partial charge is 0.383 e. The van der Waals surface area contributed by atoms with Crippen molar-refractivity contribution < 1.29 is 4.74 Å². The van der Waals surface area contributed by atoms with E-state index in [1.165, 1.54) is 12.8 Å². The van der Waals surface area contributed by atoms with Crippen LogP contribution in [0.4, 0.5) is 5.69 Å². The van der Waals surface area contributed by atoms with Gasteiger partial charge < -0.3 is 10.1 Å². The number of aromatic nitrogens is 1. The number of ether oxygens (including phenoxy) is 1. The molecule has 0 radical (unpaired) electrons.